The van der Waals surface area contributed by atoms with Crippen LogP contribution in [-0.4, -0.2) is 22.0 Å². The van der Waals surface area contributed by atoms with E-state index in [1.165, 1.54) is 11.1 Å². The Balaban J connectivity index is 1.71. The highest BCUT2D eigenvalue weighted by Gasteiger charge is 2.22. The van der Waals surface area contributed by atoms with Gasteiger partial charge in [-0.3, -0.25) is 4.79 Å². The second kappa shape index (κ2) is 9.65. The van der Waals surface area contributed by atoms with E-state index in [4.69, 9.17) is 21.3 Å². The van der Waals surface area contributed by atoms with Gasteiger partial charge in [-0.05, 0) is 62.1 Å². The molecule has 1 aromatic heterocycles. The van der Waals surface area contributed by atoms with Gasteiger partial charge in [0.2, 0.25) is 0 Å². The molecule has 31 heavy (non-hydrogen) atoms. The molecule has 0 N–H and O–H groups in total. The minimum absolute atomic E-state index is 0.0947. The molecule has 4 rings (SSSR count). The van der Waals surface area contributed by atoms with Crippen molar-refractivity contribution in [3.63, 3.8) is 0 Å². The lowest BCUT2D eigenvalue weighted by atomic mass is 9.88. The van der Waals surface area contributed by atoms with E-state index in [1.807, 2.05) is 43.3 Å². The van der Waals surface area contributed by atoms with Crippen molar-refractivity contribution >= 4 is 28.7 Å². The Kier molecular flexibility index (Phi) is 6.71. The Bertz CT molecular complexity index is 1150. The van der Waals surface area contributed by atoms with Gasteiger partial charge in [0.05, 0.1) is 28.2 Å². The molecule has 1 fully saturated rings. The zero-order chi connectivity index (χ0) is 21.8. The smallest absolute Gasteiger partial charge is 0.282 e. The lowest BCUT2D eigenvalue weighted by molar-refractivity contribution is 0.217. The highest BCUT2D eigenvalue weighted by atomic mass is 35.5. The van der Waals surface area contributed by atoms with Crippen LogP contribution in [0.5, 0.6) is 5.75 Å². The van der Waals surface area contributed by atoms with E-state index in [2.05, 4.69) is 12.0 Å². The highest BCUT2D eigenvalue weighted by Crippen LogP contribution is 2.32. The Hall–Kier alpha value is -2.66. The largest absolute Gasteiger partial charge is 0.489 e. The van der Waals surface area contributed by atoms with Crippen LogP contribution >= 0.6 is 11.6 Å². The second-order valence-electron chi connectivity index (χ2n) is 8.21. The fraction of sp³-hybridized carbons (Fsp3) is 0.400. The predicted molar refractivity (Wildman–Crippen MR) is 127 cm³/mol. The van der Waals surface area contributed by atoms with Crippen LogP contribution in [0, 0.1) is 0 Å². The van der Waals surface area contributed by atoms with Crippen molar-refractivity contribution in [1.82, 2.24) is 9.66 Å². The van der Waals surface area contributed by atoms with E-state index in [0.717, 1.165) is 49.0 Å². The van der Waals surface area contributed by atoms with Crippen LogP contribution in [0.1, 0.15) is 69.7 Å². The third kappa shape index (κ3) is 4.82. The lowest BCUT2D eigenvalue weighted by Crippen LogP contribution is -2.25. The minimum atomic E-state index is -0.134. The summed E-state index contributed by atoms with van der Waals surface area (Å²) in [6.07, 6.45) is 8.29. The van der Waals surface area contributed by atoms with Crippen molar-refractivity contribution in [2.24, 2.45) is 5.10 Å². The third-order valence-electron chi connectivity index (χ3n) is 5.93. The number of ether oxygens (including phenoxy) is 1. The van der Waals surface area contributed by atoms with Crippen molar-refractivity contribution in [3.8, 4) is 5.75 Å². The molecular formula is C25H28ClN3O2. The number of para-hydroxylation sites is 1. The third-order valence-corrected chi connectivity index (χ3v) is 6.23. The zero-order valence-corrected chi connectivity index (χ0v) is 18.8. The van der Waals surface area contributed by atoms with Crippen molar-refractivity contribution < 1.29 is 4.74 Å². The molecule has 0 radical (unpaired) electrons. The maximum Gasteiger partial charge on any atom is 0.282 e. The number of halogens is 1. The Morgan fingerprint density at radius 2 is 2.00 bits per heavy atom. The maximum absolute atomic E-state index is 13.3. The number of fused-ring (bicyclic) bond motifs is 1. The van der Waals surface area contributed by atoms with E-state index >= 15 is 0 Å². The summed E-state index contributed by atoms with van der Waals surface area (Å²) in [6, 6.07) is 13.0. The number of benzene rings is 2. The van der Waals surface area contributed by atoms with E-state index < -0.39 is 0 Å². The maximum atomic E-state index is 13.3. The van der Waals surface area contributed by atoms with Gasteiger partial charge in [-0.1, -0.05) is 49.9 Å². The molecule has 162 valence electrons. The second-order valence-corrected chi connectivity index (χ2v) is 8.62. The molecule has 0 unspecified atom stereocenters. The first-order valence-electron chi connectivity index (χ1n) is 11.1. The number of rotatable bonds is 6. The van der Waals surface area contributed by atoms with E-state index in [1.54, 1.807) is 12.3 Å². The summed E-state index contributed by atoms with van der Waals surface area (Å²) in [4.78, 5) is 18.1. The monoisotopic (exact) mass is 437 g/mol. The summed E-state index contributed by atoms with van der Waals surface area (Å²) in [5.41, 5.74) is 1.40. The van der Waals surface area contributed by atoms with Gasteiger partial charge in [0.15, 0.2) is 0 Å². The van der Waals surface area contributed by atoms with Crippen molar-refractivity contribution in [2.75, 3.05) is 0 Å². The molecule has 2 aromatic carbocycles. The van der Waals surface area contributed by atoms with Crippen LogP contribution in [0.3, 0.4) is 0 Å². The first-order valence-corrected chi connectivity index (χ1v) is 11.5. The standard InChI is InChI=1S/C25H28ClN3O2/c1-3-17(2)31-23-14-13-18(15-21(23)26)16-27-29-24(19-9-5-4-6-10-19)28-22-12-8-7-11-20(22)25(29)30/h7-8,11-17,19H,3-6,9-10H2,1-2H3/t17-/m0/s1. The quantitative estimate of drug-likeness (QED) is 0.434. The van der Waals surface area contributed by atoms with Crippen LogP contribution < -0.4 is 10.3 Å². The van der Waals surface area contributed by atoms with Gasteiger partial charge in [0.25, 0.3) is 5.56 Å². The molecule has 0 saturated heterocycles. The topological polar surface area (TPSA) is 56.5 Å². The van der Waals surface area contributed by atoms with Crippen LogP contribution in [0.4, 0.5) is 0 Å². The van der Waals surface area contributed by atoms with Crippen molar-refractivity contribution in [1.29, 1.82) is 0 Å². The molecule has 1 saturated carbocycles. The first kappa shape index (κ1) is 21.6. The van der Waals surface area contributed by atoms with E-state index in [0.29, 0.717) is 16.2 Å². The Morgan fingerprint density at radius 1 is 1.23 bits per heavy atom. The van der Waals surface area contributed by atoms with Gasteiger partial charge in [-0.15, -0.1) is 0 Å². The molecule has 6 heteroatoms. The van der Waals surface area contributed by atoms with Gasteiger partial charge in [-0.25, -0.2) is 4.98 Å². The molecule has 0 spiro atoms. The van der Waals surface area contributed by atoms with Crippen molar-refractivity contribution in [3.05, 3.63) is 69.2 Å². The normalized spacial score (nSPS) is 16.1. The fourth-order valence-electron chi connectivity index (χ4n) is 3.99. The summed E-state index contributed by atoms with van der Waals surface area (Å²) < 4.78 is 7.32. The summed E-state index contributed by atoms with van der Waals surface area (Å²) in [5, 5.41) is 5.67. The molecule has 1 aliphatic rings. The van der Waals surface area contributed by atoms with Gasteiger partial charge in [0, 0.05) is 5.92 Å². The highest BCUT2D eigenvalue weighted by molar-refractivity contribution is 6.32. The number of nitrogens with zero attached hydrogens (tertiary/aromatic N) is 3. The first-order chi connectivity index (χ1) is 15.1. The molecule has 1 heterocycles. The average Bonchev–Trinajstić information content (AvgIpc) is 2.80. The fourth-order valence-corrected chi connectivity index (χ4v) is 4.23. The number of aromatic nitrogens is 2. The van der Waals surface area contributed by atoms with Crippen molar-refractivity contribution in [2.45, 2.75) is 64.4 Å². The molecule has 1 atom stereocenters. The summed E-state index contributed by atoms with van der Waals surface area (Å²) in [6.45, 7) is 4.08. The minimum Gasteiger partial charge on any atom is -0.489 e. The molecule has 0 bridgehead atoms. The van der Waals surface area contributed by atoms with Crippen LogP contribution in [-0.2, 0) is 0 Å². The van der Waals surface area contributed by atoms with Gasteiger partial charge in [-0.2, -0.15) is 9.78 Å². The molecule has 3 aromatic rings. The number of hydrogen-bond acceptors (Lipinski definition) is 4. The SMILES string of the molecule is CC[C@H](C)Oc1ccc(C=Nn2c(C3CCCCC3)nc3ccccc3c2=O)cc1Cl. The van der Waals surface area contributed by atoms with Crippen LogP contribution in [0.25, 0.3) is 10.9 Å². The van der Waals surface area contributed by atoms with Gasteiger partial charge < -0.3 is 4.74 Å². The average molecular weight is 438 g/mol. The molecule has 0 aliphatic heterocycles. The Morgan fingerprint density at radius 3 is 2.74 bits per heavy atom. The van der Waals surface area contributed by atoms with E-state index in [-0.39, 0.29) is 17.6 Å². The Labute approximate surface area is 187 Å². The summed E-state index contributed by atoms with van der Waals surface area (Å²) in [7, 11) is 0. The number of hydrogen-bond donors (Lipinski definition) is 0. The summed E-state index contributed by atoms with van der Waals surface area (Å²) in [5.74, 6) is 1.65. The summed E-state index contributed by atoms with van der Waals surface area (Å²) >= 11 is 6.41. The molecular weight excluding hydrogens is 410 g/mol. The van der Waals surface area contributed by atoms with Crippen LogP contribution in [0.15, 0.2) is 52.4 Å². The predicted octanol–water partition coefficient (Wildman–Crippen LogP) is 6.16. The molecule has 1 aliphatic carbocycles. The van der Waals surface area contributed by atoms with E-state index in [9.17, 15) is 4.79 Å². The lowest BCUT2D eigenvalue weighted by Gasteiger charge is -2.22. The molecule has 0 amide bonds. The van der Waals surface area contributed by atoms with Gasteiger partial charge >= 0.3 is 0 Å². The van der Waals surface area contributed by atoms with Crippen LogP contribution in [0.2, 0.25) is 5.02 Å². The zero-order valence-electron chi connectivity index (χ0n) is 18.1. The van der Waals surface area contributed by atoms with Gasteiger partial charge in [0.1, 0.15) is 11.6 Å². The molecule has 5 nitrogen and oxygen atoms in total.